The molecule has 0 amide bonds. The Morgan fingerprint density at radius 2 is 0.580 bits per heavy atom. The first-order valence-electron chi connectivity index (χ1n) is 17.4. The van der Waals surface area contributed by atoms with Crippen molar-refractivity contribution in [3.05, 3.63) is 194 Å². The number of fused-ring (bicyclic) bond motifs is 8. The zero-order chi connectivity index (χ0) is 33.0. The van der Waals surface area contributed by atoms with Gasteiger partial charge in [0.05, 0.1) is 0 Å². The summed E-state index contributed by atoms with van der Waals surface area (Å²) < 4.78 is 0. The van der Waals surface area contributed by atoms with E-state index in [1.165, 1.54) is 98.4 Å². The molecule has 0 saturated carbocycles. The second-order valence-corrected chi connectivity index (χ2v) is 13.2. The van der Waals surface area contributed by atoms with Crippen LogP contribution in [-0.4, -0.2) is 0 Å². The lowest BCUT2D eigenvalue weighted by atomic mass is 9.79. The zero-order valence-electron chi connectivity index (χ0n) is 27.5. The van der Waals surface area contributed by atoms with Crippen LogP contribution in [0.3, 0.4) is 0 Å². The summed E-state index contributed by atoms with van der Waals surface area (Å²) in [5.74, 6) is 0. The van der Waals surface area contributed by atoms with Crippen LogP contribution in [0.25, 0.3) is 98.4 Å². The first-order chi connectivity index (χ1) is 24.8. The third kappa shape index (κ3) is 4.39. The van der Waals surface area contributed by atoms with Crippen molar-refractivity contribution >= 4 is 53.9 Å². The summed E-state index contributed by atoms with van der Waals surface area (Å²) in [6.45, 7) is 0. The summed E-state index contributed by atoms with van der Waals surface area (Å²) in [5.41, 5.74) is 9.92. The first-order valence-corrected chi connectivity index (χ1v) is 17.4. The SMILES string of the molecule is c1ccc(-c2ccc3ccccc3c2-c2ccc3c4ccccc4c4ccccc4c3c2-c2c(-c3ccccc3)ccc3ccccc23)cc1. The minimum absolute atomic E-state index is 1.21. The minimum Gasteiger partial charge on any atom is -0.0622 e. The second-order valence-electron chi connectivity index (χ2n) is 13.2. The molecule has 0 bridgehead atoms. The van der Waals surface area contributed by atoms with E-state index in [9.17, 15) is 0 Å². The smallest absolute Gasteiger partial charge is 0.000742 e. The van der Waals surface area contributed by atoms with Crippen LogP contribution in [0.5, 0.6) is 0 Å². The largest absolute Gasteiger partial charge is 0.0622 e. The molecule has 0 aliphatic rings. The quantitative estimate of drug-likeness (QED) is 0.169. The molecule has 0 atom stereocenters. The van der Waals surface area contributed by atoms with Crippen molar-refractivity contribution in [1.82, 2.24) is 0 Å². The molecule has 10 aromatic rings. The van der Waals surface area contributed by atoms with E-state index in [2.05, 4.69) is 194 Å². The molecule has 10 rings (SSSR count). The topological polar surface area (TPSA) is 0 Å². The number of rotatable bonds is 4. The third-order valence-electron chi connectivity index (χ3n) is 10.5. The Kier molecular flexibility index (Phi) is 6.60. The van der Waals surface area contributed by atoms with E-state index in [1.54, 1.807) is 0 Å². The van der Waals surface area contributed by atoms with E-state index in [0.717, 1.165) is 0 Å². The van der Waals surface area contributed by atoms with Gasteiger partial charge in [0.1, 0.15) is 0 Å². The molecular weight excluding hydrogens is 601 g/mol. The summed E-state index contributed by atoms with van der Waals surface area (Å²) >= 11 is 0. The van der Waals surface area contributed by atoms with Crippen LogP contribution in [0.15, 0.2) is 194 Å². The molecule has 0 unspecified atom stereocenters. The molecule has 0 saturated heterocycles. The lowest BCUT2D eigenvalue weighted by Crippen LogP contribution is -1.97. The summed E-state index contributed by atoms with van der Waals surface area (Å²) in [4.78, 5) is 0. The van der Waals surface area contributed by atoms with Crippen LogP contribution in [0, 0.1) is 0 Å². The maximum Gasteiger partial charge on any atom is -0.000742 e. The predicted octanol–water partition coefficient (Wildman–Crippen LogP) is 14.1. The molecule has 0 aliphatic carbocycles. The highest BCUT2D eigenvalue weighted by atomic mass is 14.3. The molecule has 0 fully saturated rings. The van der Waals surface area contributed by atoms with Gasteiger partial charge in [0.2, 0.25) is 0 Å². The van der Waals surface area contributed by atoms with Crippen molar-refractivity contribution < 1.29 is 0 Å². The Bertz CT molecular complexity index is 2860. The van der Waals surface area contributed by atoms with Gasteiger partial charge in [-0.05, 0) is 98.4 Å². The van der Waals surface area contributed by atoms with Crippen molar-refractivity contribution in [2.45, 2.75) is 0 Å². The lowest BCUT2D eigenvalue weighted by molar-refractivity contribution is 1.60. The van der Waals surface area contributed by atoms with Crippen LogP contribution in [0.1, 0.15) is 0 Å². The molecule has 10 aromatic carbocycles. The van der Waals surface area contributed by atoms with E-state index < -0.39 is 0 Å². The number of hydrogen-bond donors (Lipinski definition) is 0. The van der Waals surface area contributed by atoms with Gasteiger partial charge < -0.3 is 0 Å². The Morgan fingerprint density at radius 3 is 1.14 bits per heavy atom. The molecule has 0 aromatic heterocycles. The van der Waals surface area contributed by atoms with E-state index in [1.807, 2.05) is 0 Å². The van der Waals surface area contributed by atoms with Gasteiger partial charge in [0, 0.05) is 0 Å². The van der Waals surface area contributed by atoms with Crippen LogP contribution in [-0.2, 0) is 0 Å². The molecule has 232 valence electrons. The Hall–Kier alpha value is -6.50. The maximum atomic E-state index is 2.41. The van der Waals surface area contributed by atoms with Crippen LogP contribution >= 0.6 is 0 Å². The Balaban J connectivity index is 1.50. The van der Waals surface area contributed by atoms with E-state index in [-0.39, 0.29) is 0 Å². The van der Waals surface area contributed by atoms with E-state index >= 15 is 0 Å². The molecule has 0 aliphatic heterocycles. The predicted molar refractivity (Wildman–Crippen MR) is 216 cm³/mol. The van der Waals surface area contributed by atoms with Gasteiger partial charge in [-0.15, -0.1) is 0 Å². The summed E-state index contributed by atoms with van der Waals surface area (Å²) in [6.07, 6.45) is 0. The first kappa shape index (κ1) is 28.5. The van der Waals surface area contributed by atoms with Crippen molar-refractivity contribution in [1.29, 1.82) is 0 Å². The highest BCUT2D eigenvalue weighted by Crippen LogP contribution is 2.52. The molecule has 0 spiro atoms. The van der Waals surface area contributed by atoms with Crippen molar-refractivity contribution in [3.63, 3.8) is 0 Å². The normalized spacial score (nSPS) is 11.6. The maximum absolute atomic E-state index is 2.41. The van der Waals surface area contributed by atoms with Crippen LogP contribution in [0.2, 0.25) is 0 Å². The van der Waals surface area contributed by atoms with Gasteiger partial charge in [-0.3, -0.25) is 0 Å². The van der Waals surface area contributed by atoms with Crippen molar-refractivity contribution in [2.24, 2.45) is 0 Å². The molecular formula is C50H32. The molecule has 0 nitrogen and oxygen atoms in total. The Labute approximate surface area is 291 Å². The average Bonchev–Trinajstić information content (AvgIpc) is 3.20. The fourth-order valence-corrected chi connectivity index (χ4v) is 8.28. The lowest BCUT2D eigenvalue weighted by Gasteiger charge is -2.24. The van der Waals surface area contributed by atoms with Gasteiger partial charge >= 0.3 is 0 Å². The molecule has 0 heteroatoms. The standard InChI is InChI=1S/C50H32/c1-3-15-33(16-4-1)39-29-27-35-19-7-9-21-37(35)47(39)46-32-31-45-43-25-12-11-23-41(43)42-24-13-14-26-44(42)49(45)50(46)48-38-22-10-8-20-36(38)28-30-40(48)34-17-5-2-6-18-34/h1-32H. The molecule has 0 heterocycles. The second kappa shape index (κ2) is 11.6. The van der Waals surface area contributed by atoms with Gasteiger partial charge in [0.15, 0.2) is 0 Å². The third-order valence-corrected chi connectivity index (χ3v) is 10.5. The van der Waals surface area contributed by atoms with E-state index in [0.29, 0.717) is 0 Å². The Morgan fingerprint density at radius 1 is 0.200 bits per heavy atom. The van der Waals surface area contributed by atoms with Crippen molar-refractivity contribution in [3.8, 4) is 44.5 Å². The summed E-state index contributed by atoms with van der Waals surface area (Å²) in [7, 11) is 0. The number of hydrogen-bond acceptors (Lipinski definition) is 0. The summed E-state index contributed by atoms with van der Waals surface area (Å²) in [5, 5.41) is 12.6. The van der Waals surface area contributed by atoms with Crippen molar-refractivity contribution in [2.75, 3.05) is 0 Å². The van der Waals surface area contributed by atoms with Crippen LogP contribution < -0.4 is 0 Å². The van der Waals surface area contributed by atoms with Gasteiger partial charge in [-0.2, -0.15) is 0 Å². The monoisotopic (exact) mass is 632 g/mol. The average molecular weight is 633 g/mol. The highest BCUT2D eigenvalue weighted by molar-refractivity contribution is 6.32. The highest BCUT2D eigenvalue weighted by Gasteiger charge is 2.24. The fourth-order valence-electron chi connectivity index (χ4n) is 8.28. The van der Waals surface area contributed by atoms with Gasteiger partial charge in [-0.25, -0.2) is 0 Å². The minimum atomic E-state index is 1.21. The van der Waals surface area contributed by atoms with E-state index in [4.69, 9.17) is 0 Å². The summed E-state index contributed by atoms with van der Waals surface area (Å²) in [6, 6.07) is 71.4. The molecule has 50 heavy (non-hydrogen) atoms. The fraction of sp³-hybridized carbons (Fsp3) is 0. The molecule has 0 radical (unpaired) electrons. The number of benzene rings is 10. The zero-order valence-corrected chi connectivity index (χ0v) is 27.5. The molecule has 0 N–H and O–H groups in total. The van der Waals surface area contributed by atoms with Gasteiger partial charge in [-0.1, -0.05) is 194 Å². The van der Waals surface area contributed by atoms with Gasteiger partial charge in [0.25, 0.3) is 0 Å². The van der Waals surface area contributed by atoms with Crippen LogP contribution in [0.4, 0.5) is 0 Å².